The van der Waals surface area contributed by atoms with Gasteiger partial charge in [-0.25, -0.2) is 4.57 Å². The first-order chi connectivity index (χ1) is 16.5. The van der Waals surface area contributed by atoms with Crippen LogP contribution in [0.3, 0.4) is 0 Å². The van der Waals surface area contributed by atoms with E-state index in [0.717, 1.165) is 11.7 Å². The molecule has 35 heavy (non-hydrogen) atoms. The van der Waals surface area contributed by atoms with Gasteiger partial charge in [0.25, 0.3) is 0 Å². The van der Waals surface area contributed by atoms with Crippen molar-refractivity contribution in [3.05, 3.63) is 0 Å². The van der Waals surface area contributed by atoms with E-state index < -0.39 is 7.82 Å². The molecule has 0 bridgehead atoms. The van der Waals surface area contributed by atoms with Crippen LogP contribution in [0.15, 0.2) is 0 Å². The lowest BCUT2D eigenvalue weighted by Gasteiger charge is -2.23. The Bertz CT molecular complexity index is 530. The molecule has 0 saturated heterocycles. The molecule has 0 aromatic rings. The van der Waals surface area contributed by atoms with Gasteiger partial charge in [0.2, 0.25) is 0 Å². The molecule has 0 aromatic carbocycles. The van der Waals surface area contributed by atoms with Crippen molar-refractivity contribution in [2.45, 2.75) is 96.8 Å². The van der Waals surface area contributed by atoms with E-state index in [4.69, 9.17) is 27.1 Å². The van der Waals surface area contributed by atoms with Crippen molar-refractivity contribution < 1.29 is 28.5 Å². The Kier molecular flexibility index (Phi) is 25.4. The van der Waals surface area contributed by atoms with E-state index in [1.54, 1.807) is 0 Å². The van der Waals surface area contributed by atoms with Gasteiger partial charge in [0.15, 0.2) is 5.11 Å². The fraction of sp³-hybridized carbons (Fsp3) is 0.960. The van der Waals surface area contributed by atoms with Crippen molar-refractivity contribution in [1.29, 1.82) is 0 Å². The third kappa shape index (κ3) is 31.7. The topological polar surface area (TPSA) is 102 Å². The molecular formula is C25H57N3O5PS+. The van der Waals surface area contributed by atoms with Crippen LogP contribution in [-0.2, 0) is 9.09 Å². The molecule has 212 valence electrons. The first kappa shape index (κ1) is 36.9. The van der Waals surface area contributed by atoms with E-state index >= 15 is 0 Å². The van der Waals surface area contributed by atoms with Gasteiger partial charge in [-0.15, -0.1) is 0 Å². The normalized spacial score (nSPS) is 11.7. The molecule has 0 amide bonds. The summed E-state index contributed by atoms with van der Waals surface area (Å²) in [5.41, 5.74) is 0. The first-order valence-corrected chi connectivity index (χ1v) is 15.5. The third-order valence-electron chi connectivity index (χ3n) is 5.67. The number of phosphoric ester groups is 1. The second-order valence-corrected chi connectivity index (χ2v) is 11.8. The van der Waals surface area contributed by atoms with Crippen molar-refractivity contribution in [2.75, 3.05) is 61.0 Å². The molecular weight excluding hydrogens is 485 g/mol. The average Bonchev–Trinajstić information content (AvgIpc) is 2.76. The molecule has 0 aliphatic rings. The summed E-state index contributed by atoms with van der Waals surface area (Å²) >= 11 is 5.25. The predicted molar refractivity (Wildman–Crippen MR) is 152 cm³/mol. The van der Waals surface area contributed by atoms with Crippen LogP contribution in [0.4, 0.5) is 0 Å². The number of hydrogen-bond acceptors (Lipinski definition) is 4. The predicted octanol–water partition coefficient (Wildman–Crippen LogP) is 5.07. The Morgan fingerprint density at radius 2 is 1.29 bits per heavy atom. The molecule has 0 aliphatic carbocycles. The van der Waals surface area contributed by atoms with Crippen LogP contribution < -0.4 is 5.32 Å². The monoisotopic (exact) mass is 542 g/mol. The zero-order valence-electron chi connectivity index (χ0n) is 23.3. The minimum Gasteiger partial charge on any atom is -0.395 e. The Balaban J connectivity index is 0. The molecule has 0 rings (SSSR count). The van der Waals surface area contributed by atoms with Gasteiger partial charge in [0, 0.05) is 20.1 Å². The van der Waals surface area contributed by atoms with E-state index in [-0.39, 0.29) is 13.2 Å². The lowest BCUT2D eigenvalue weighted by molar-refractivity contribution is -0.870. The quantitative estimate of drug-likeness (QED) is 0.0690. The smallest absolute Gasteiger partial charge is 0.395 e. The number of phosphoric acid groups is 1. The lowest BCUT2D eigenvalue weighted by atomic mass is 10.0. The molecule has 0 radical (unpaired) electrons. The highest BCUT2D eigenvalue weighted by molar-refractivity contribution is 7.80. The van der Waals surface area contributed by atoms with Crippen LogP contribution in [0, 0.1) is 0 Å². The summed E-state index contributed by atoms with van der Waals surface area (Å²) in [5, 5.41) is 12.8. The number of likely N-dealkylation sites (N-methyl/N-ethyl adjacent to an activating group) is 1. The maximum absolute atomic E-state index is 10.2. The first-order valence-electron chi connectivity index (χ1n) is 13.5. The van der Waals surface area contributed by atoms with Gasteiger partial charge < -0.3 is 29.6 Å². The molecule has 0 heterocycles. The van der Waals surface area contributed by atoms with Gasteiger partial charge in [-0.3, -0.25) is 4.52 Å². The van der Waals surface area contributed by atoms with Gasteiger partial charge in [-0.2, -0.15) is 0 Å². The maximum Gasteiger partial charge on any atom is 0.469 e. The van der Waals surface area contributed by atoms with E-state index in [9.17, 15) is 4.57 Å². The fourth-order valence-electron chi connectivity index (χ4n) is 3.52. The van der Waals surface area contributed by atoms with Crippen LogP contribution in [0.5, 0.6) is 0 Å². The molecule has 0 unspecified atom stereocenters. The Labute approximate surface area is 221 Å². The number of aliphatic hydroxyl groups is 1. The van der Waals surface area contributed by atoms with Crippen LogP contribution >= 0.6 is 20.0 Å². The molecule has 0 saturated carbocycles. The Hall–Kier alpha value is -0.280. The lowest BCUT2D eigenvalue weighted by Crippen LogP contribution is -2.40. The van der Waals surface area contributed by atoms with E-state index in [1.807, 2.05) is 28.2 Å². The largest absolute Gasteiger partial charge is 0.469 e. The van der Waals surface area contributed by atoms with Crippen molar-refractivity contribution in [1.82, 2.24) is 10.2 Å². The number of nitrogens with one attached hydrogen (secondary N) is 1. The summed E-state index contributed by atoms with van der Waals surface area (Å²) < 4.78 is 15.1. The minimum atomic E-state index is -4.26. The maximum atomic E-state index is 10.2. The fourth-order valence-corrected chi connectivity index (χ4v) is 4.03. The van der Waals surface area contributed by atoms with Crippen molar-refractivity contribution in [2.24, 2.45) is 0 Å². The minimum absolute atomic E-state index is 0.0772. The summed E-state index contributed by atoms with van der Waals surface area (Å²) in [7, 11) is 3.34. The number of thiocarbonyl (C=S) groups is 1. The average molecular weight is 543 g/mol. The zero-order valence-corrected chi connectivity index (χ0v) is 25.1. The molecule has 10 heteroatoms. The summed E-state index contributed by atoms with van der Waals surface area (Å²) in [6.07, 6.45) is 19.3. The summed E-state index contributed by atoms with van der Waals surface area (Å²) in [6, 6.07) is 0. The standard InChI is InChI=1S/C20H42N2OS.C5H14NO4P/c1-3-4-5-6-7-8-9-10-11-12-13-14-15-16-17-22(18-19-23)20(24)21-2;1-6(2,3)4-5-10-11(7,8)9/h23H,3-19H2,1-2H3,(H,21,24);4-5H2,1-3H3,(H-,7,8,9)/p+1. The SMILES string of the molecule is CCCCCCCCCCCCCCCCN(CCO)C(=S)NC.C[N+](C)(C)CCOP(=O)(O)O. The van der Waals surface area contributed by atoms with Crippen molar-refractivity contribution >= 4 is 25.2 Å². The van der Waals surface area contributed by atoms with Crippen molar-refractivity contribution in [3.63, 3.8) is 0 Å². The molecule has 0 aromatic heterocycles. The second kappa shape index (κ2) is 24.1. The van der Waals surface area contributed by atoms with Gasteiger partial charge in [0.05, 0.1) is 27.7 Å². The number of quaternary nitrogens is 1. The van der Waals surface area contributed by atoms with Crippen LogP contribution in [0.25, 0.3) is 0 Å². The van der Waals surface area contributed by atoms with E-state index in [2.05, 4.69) is 21.7 Å². The number of rotatable bonds is 21. The number of hydrogen-bond donors (Lipinski definition) is 4. The van der Waals surface area contributed by atoms with Crippen LogP contribution in [0.1, 0.15) is 96.8 Å². The molecule has 0 spiro atoms. The van der Waals surface area contributed by atoms with Gasteiger partial charge in [0.1, 0.15) is 13.2 Å². The van der Waals surface area contributed by atoms with Gasteiger partial charge in [-0.05, 0) is 18.6 Å². The molecule has 0 fully saturated rings. The number of nitrogens with zero attached hydrogens (tertiary/aromatic N) is 2. The summed E-state index contributed by atoms with van der Waals surface area (Å²) in [4.78, 5) is 18.7. The molecule has 4 N–H and O–H groups in total. The Morgan fingerprint density at radius 1 is 0.857 bits per heavy atom. The number of unbranched alkanes of at least 4 members (excludes halogenated alkanes) is 13. The summed E-state index contributed by atoms with van der Waals surface area (Å²) in [6.45, 7) is 4.69. The highest BCUT2D eigenvalue weighted by Gasteiger charge is 2.16. The van der Waals surface area contributed by atoms with Crippen molar-refractivity contribution in [3.8, 4) is 0 Å². The van der Waals surface area contributed by atoms with Gasteiger partial charge >= 0.3 is 7.82 Å². The third-order valence-corrected chi connectivity index (χ3v) is 6.66. The molecule has 8 nitrogen and oxygen atoms in total. The number of aliphatic hydroxyl groups excluding tert-OH is 1. The molecule has 0 aliphatic heterocycles. The highest BCUT2D eigenvalue weighted by atomic mass is 32.1. The second-order valence-electron chi connectivity index (χ2n) is 10.2. The van der Waals surface area contributed by atoms with E-state index in [1.165, 1.54) is 89.9 Å². The van der Waals surface area contributed by atoms with Crippen LogP contribution in [0.2, 0.25) is 0 Å². The van der Waals surface area contributed by atoms with Crippen LogP contribution in [-0.4, -0.2) is 90.4 Å². The van der Waals surface area contributed by atoms with Gasteiger partial charge in [-0.1, -0.05) is 90.4 Å². The zero-order chi connectivity index (χ0) is 27.0. The summed E-state index contributed by atoms with van der Waals surface area (Å²) in [5.74, 6) is 0. The molecule has 0 atom stereocenters. The highest BCUT2D eigenvalue weighted by Crippen LogP contribution is 2.35. The van der Waals surface area contributed by atoms with E-state index in [0.29, 0.717) is 17.6 Å². The Morgan fingerprint density at radius 3 is 1.63 bits per heavy atom.